The molecule has 1 N–H and O–H groups in total. The minimum atomic E-state index is 0.566. The van der Waals surface area contributed by atoms with E-state index in [0.717, 1.165) is 13.1 Å². The molecule has 1 aliphatic heterocycles. The van der Waals surface area contributed by atoms with E-state index in [4.69, 9.17) is 0 Å². The van der Waals surface area contributed by atoms with Crippen LogP contribution in [-0.2, 0) is 0 Å². The number of piperazine rings is 1. The molecule has 0 saturated carbocycles. The van der Waals surface area contributed by atoms with Crippen LogP contribution in [0.5, 0.6) is 0 Å². The molecule has 1 aliphatic rings. The summed E-state index contributed by atoms with van der Waals surface area (Å²) in [5.41, 5.74) is 2.74. The topological polar surface area (TPSA) is 15.3 Å². The quantitative estimate of drug-likeness (QED) is 0.900. The summed E-state index contributed by atoms with van der Waals surface area (Å²) >= 11 is 3.58. The zero-order valence-corrected chi connectivity index (χ0v) is 12.4. The maximum atomic E-state index is 3.58. The normalized spacial score (nSPS) is 25.1. The Labute approximate surface area is 113 Å². The van der Waals surface area contributed by atoms with Crippen molar-refractivity contribution in [2.75, 3.05) is 18.0 Å². The van der Waals surface area contributed by atoms with Gasteiger partial charge < -0.3 is 10.2 Å². The van der Waals surface area contributed by atoms with Crippen LogP contribution in [0.3, 0.4) is 0 Å². The molecule has 0 amide bonds. The zero-order chi connectivity index (χ0) is 12.4. The van der Waals surface area contributed by atoms with Crippen LogP contribution in [0.25, 0.3) is 0 Å². The summed E-state index contributed by atoms with van der Waals surface area (Å²) < 4.78 is 1.17. The third-order valence-corrected chi connectivity index (χ3v) is 4.06. The van der Waals surface area contributed by atoms with Gasteiger partial charge in [0, 0.05) is 35.3 Å². The number of hydrogen-bond donors (Lipinski definition) is 1. The molecule has 2 rings (SSSR count). The molecular formula is C14H21BrN2. The predicted molar refractivity (Wildman–Crippen MR) is 77.8 cm³/mol. The van der Waals surface area contributed by atoms with Gasteiger partial charge in [-0.25, -0.2) is 0 Å². The van der Waals surface area contributed by atoms with E-state index >= 15 is 0 Å². The first-order chi connectivity index (χ1) is 8.11. The number of hydrogen-bond acceptors (Lipinski definition) is 2. The summed E-state index contributed by atoms with van der Waals surface area (Å²) in [6, 6.07) is 7.73. The van der Waals surface area contributed by atoms with Gasteiger partial charge in [0.1, 0.15) is 0 Å². The molecule has 1 fully saturated rings. The average Bonchev–Trinajstić information content (AvgIpc) is 2.32. The number of nitrogens with one attached hydrogen (secondary N) is 1. The fraction of sp³-hybridized carbons (Fsp3) is 0.571. The smallest absolute Gasteiger partial charge is 0.0412 e. The van der Waals surface area contributed by atoms with Gasteiger partial charge in [0.2, 0.25) is 0 Å². The highest BCUT2D eigenvalue weighted by Crippen LogP contribution is 2.28. The van der Waals surface area contributed by atoms with Crippen LogP contribution >= 0.6 is 15.9 Å². The molecule has 0 bridgehead atoms. The Hall–Kier alpha value is -0.540. The molecule has 94 valence electrons. The largest absolute Gasteiger partial charge is 0.365 e. The molecule has 1 aromatic carbocycles. The second kappa shape index (κ2) is 5.40. The number of benzene rings is 1. The zero-order valence-electron chi connectivity index (χ0n) is 10.8. The summed E-state index contributed by atoms with van der Waals surface area (Å²) in [5.74, 6) is 0. The van der Waals surface area contributed by atoms with Gasteiger partial charge in [0.05, 0.1) is 0 Å². The lowest BCUT2D eigenvalue weighted by molar-refractivity contribution is 0.402. The number of halogens is 1. The lowest BCUT2D eigenvalue weighted by atomic mass is 10.0. The lowest BCUT2D eigenvalue weighted by Gasteiger charge is -2.41. The second-order valence-electron chi connectivity index (χ2n) is 4.95. The van der Waals surface area contributed by atoms with Crippen LogP contribution in [0.15, 0.2) is 22.7 Å². The molecule has 0 aliphatic carbocycles. The Morgan fingerprint density at radius 1 is 1.47 bits per heavy atom. The summed E-state index contributed by atoms with van der Waals surface area (Å²) in [4.78, 5) is 2.56. The fourth-order valence-corrected chi connectivity index (χ4v) is 2.86. The molecule has 2 nitrogen and oxygen atoms in total. The minimum Gasteiger partial charge on any atom is -0.365 e. The molecule has 0 spiro atoms. The Kier molecular flexibility index (Phi) is 4.10. The van der Waals surface area contributed by atoms with Gasteiger partial charge in [0.15, 0.2) is 0 Å². The summed E-state index contributed by atoms with van der Waals surface area (Å²) in [6.07, 6.45) is 1.19. The van der Waals surface area contributed by atoms with Crippen LogP contribution in [0, 0.1) is 6.92 Å². The number of rotatable bonds is 2. The minimum absolute atomic E-state index is 0.566. The number of aryl methyl sites for hydroxylation is 1. The van der Waals surface area contributed by atoms with Crippen LogP contribution in [0.4, 0.5) is 5.69 Å². The van der Waals surface area contributed by atoms with E-state index in [-0.39, 0.29) is 0 Å². The molecule has 3 heteroatoms. The first-order valence-corrected chi connectivity index (χ1v) is 7.17. The van der Waals surface area contributed by atoms with Gasteiger partial charge in [-0.05, 0) is 38.0 Å². The van der Waals surface area contributed by atoms with E-state index in [0.29, 0.717) is 12.1 Å². The van der Waals surface area contributed by atoms with Gasteiger partial charge in [-0.3, -0.25) is 0 Å². The van der Waals surface area contributed by atoms with Crippen molar-refractivity contribution in [2.24, 2.45) is 0 Å². The third-order valence-electron chi connectivity index (χ3n) is 3.57. The fourth-order valence-electron chi connectivity index (χ4n) is 2.51. The molecule has 1 heterocycles. The van der Waals surface area contributed by atoms with E-state index in [2.05, 4.69) is 65.1 Å². The summed E-state index contributed by atoms with van der Waals surface area (Å²) in [7, 11) is 0. The van der Waals surface area contributed by atoms with Gasteiger partial charge in [-0.15, -0.1) is 0 Å². The van der Waals surface area contributed by atoms with Crippen LogP contribution in [0.2, 0.25) is 0 Å². The SMILES string of the molecule is CCC1CNC(C)CN1c1cc(Br)ccc1C. The third kappa shape index (κ3) is 2.83. The van der Waals surface area contributed by atoms with Crippen LogP contribution in [0.1, 0.15) is 25.8 Å². The Morgan fingerprint density at radius 3 is 2.94 bits per heavy atom. The van der Waals surface area contributed by atoms with E-state index in [1.54, 1.807) is 0 Å². The molecule has 1 aromatic rings. The average molecular weight is 297 g/mol. The molecular weight excluding hydrogens is 276 g/mol. The van der Waals surface area contributed by atoms with Gasteiger partial charge >= 0.3 is 0 Å². The van der Waals surface area contributed by atoms with Crippen molar-refractivity contribution in [3.63, 3.8) is 0 Å². The maximum absolute atomic E-state index is 3.58. The first kappa shape index (κ1) is 12.9. The van der Waals surface area contributed by atoms with Crippen molar-refractivity contribution in [3.05, 3.63) is 28.2 Å². The van der Waals surface area contributed by atoms with Crippen molar-refractivity contribution in [1.29, 1.82) is 0 Å². The van der Waals surface area contributed by atoms with Crippen molar-refractivity contribution in [3.8, 4) is 0 Å². The van der Waals surface area contributed by atoms with Crippen molar-refractivity contribution < 1.29 is 0 Å². The van der Waals surface area contributed by atoms with Crippen molar-refractivity contribution in [1.82, 2.24) is 5.32 Å². The van der Waals surface area contributed by atoms with E-state index in [9.17, 15) is 0 Å². The Morgan fingerprint density at radius 2 is 2.24 bits per heavy atom. The number of nitrogens with zero attached hydrogens (tertiary/aromatic N) is 1. The second-order valence-corrected chi connectivity index (χ2v) is 5.87. The molecule has 0 aromatic heterocycles. The number of anilines is 1. The standard InChI is InChI=1S/C14H21BrN2/c1-4-13-8-16-11(3)9-17(13)14-7-12(15)6-5-10(14)2/h5-7,11,13,16H,4,8-9H2,1-3H3. The summed E-state index contributed by atoms with van der Waals surface area (Å²) in [6.45, 7) is 8.90. The molecule has 17 heavy (non-hydrogen) atoms. The van der Waals surface area contributed by atoms with Gasteiger partial charge in [-0.2, -0.15) is 0 Å². The highest BCUT2D eigenvalue weighted by molar-refractivity contribution is 9.10. The van der Waals surface area contributed by atoms with Crippen LogP contribution in [-0.4, -0.2) is 25.2 Å². The Balaban J connectivity index is 2.31. The molecule has 0 radical (unpaired) electrons. The Bertz CT molecular complexity index is 392. The van der Waals surface area contributed by atoms with Gasteiger partial charge in [-0.1, -0.05) is 28.9 Å². The predicted octanol–water partition coefficient (Wildman–Crippen LogP) is 3.33. The maximum Gasteiger partial charge on any atom is 0.0412 e. The first-order valence-electron chi connectivity index (χ1n) is 6.38. The van der Waals surface area contributed by atoms with E-state index in [1.807, 2.05) is 0 Å². The highest BCUT2D eigenvalue weighted by atomic mass is 79.9. The molecule has 2 unspecified atom stereocenters. The van der Waals surface area contributed by atoms with Crippen molar-refractivity contribution >= 4 is 21.6 Å². The summed E-state index contributed by atoms with van der Waals surface area (Å²) in [5, 5.41) is 3.56. The van der Waals surface area contributed by atoms with Crippen LogP contribution < -0.4 is 10.2 Å². The highest BCUT2D eigenvalue weighted by Gasteiger charge is 2.25. The lowest BCUT2D eigenvalue weighted by Crippen LogP contribution is -2.55. The molecule has 2 atom stereocenters. The van der Waals surface area contributed by atoms with E-state index in [1.165, 1.54) is 22.1 Å². The van der Waals surface area contributed by atoms with Gasteiger partial charge in [0.25, 0.3) is 0 Å². The van der Waals surface area contributed by atoms with E-state index < -0.39 is 0 Å². The monoisotopic (exact) mass is 296 g/mol. The molecule has 1 saturated heterocycles. The van der Waals surface area contributed by atoms with Crippen molar-refractivity contribution in [2.45, 2.75) is 39.3 Å².